The van der Waals surface area contributed by atoms with Crippen LogP contribution < -0.4 is 16.5 Å². The van der Waals surface area contributed by atoms with E-state index in [9.17, 15) is 14.0 Å². The Balaban J connectivity index is 2.27. The van der Waals surface area contributed by atoms with Crippen molar-refractivity contribution in [3.05, 3.63) is 39.9 Å². The molecule has 22 heavy (non-hydrogen) atoms. The highest BCUT2D eigenvalue weighted by Gasteiger charge is 2.27. The molecule has 0 spiro atoms. The first kappa shape index (κ1) is 14.5. The third kappa shape index (κ3) is 2.43. The van der Waals surface area contributed by atoms with Crippen LogP contribution in [0.4, 0.5) is 10.1 Å². The van der Waals surface area contributed by atoms with Gasteiger partial charge in [-0.25, -0.2) is 9.18 Å². The lowest BCUT2D eigenvalue weighted by Crippen LogP contribution is -2.53. The molecule has 1 aliphatic rings. The van der Waals surface area contributed by atoms with Crippen molar-refractivity contribution in [2.24, 2.45) is 0 Å². The zero-order chi connectivity index (χ0) is 15.9. The Morgan fingerprint density at radius 1 is 1.45 bits per heavy atom. The predicted molar refractivity (Wildman–Crippen MR) is 79.6 cm³/mol. The molecule has 1 fully saturated rings. The average molecular weight is 306 g/mol. The summed E-state index contributed by atoms with van der Waals surface area (Å²) in [4.78, 5) is 23.5. The van der Waals surface area contributed by atoms with Gasteiger partial charge in [0.25, 0.3) is 0 Å². The van der Waals surface area contributed by atoms with Gasteiger partial charge in [0, 0.05) is 17.6 Å². The Bertz CT molecular complexity index is 812. The van der Waals surface area contributed by atoms with Crippen molar-refractivity contribution in [2.45, 2.75) is 18.9 Å². The molecule has 0 unspecified atom stereocenters. The minimum absolute atomic E-state index is 0.101. The van der Waals surface area contributed by atoms with E-state index in [-0.39, 0.29) is 17.0 Å². The number of carboxylic acids is 1. The number of nitrogens with one attached hydrogen (secondary N) is 1. The second kappa shape index (κ2) is 5.42. The van der Waals surface area contributed by atoms with Gasteiger partial charge in [-0.1, -0.05) is 0 Å². The molecule has 0 bridgehead atoms. The van der Waals surface area contributed by atoms with Crippen LogP contribution in [0.25, 0.3) is 10.9 Å². The SMILES string of the molecule is [NH3+]CCNc1cc2c(cc1F)c(=O)c(C(=O)O)cn2C1CC1. The molecule has 1 aromatic heterocycles. The molecule has 1 aromatic carbocycles. The van der Waals surface area contributed by atoms with Crippen LogP contribution in [0.2, 0.25) is 0 Å². The Hall–Kier alpha value is -2.41. The first-order valence-corrected chi connectivity index (χ1v) is 7.17. The number of hydrogen-bond acceptors (Lipinski definition) is 3. The van der Waals surface area contributed by atoms with E-state index in [2.05, 4.69) is 11.1 Å². The fourth-order valence-electron chi connectivity index (χ4n) is 2.54. The van der Waals surface area contributed by atoms with Crippen molar-refractivity contribution in [2.75, 3.05) is 18.4 Å². The van der Waals surface area contributed by atoms with Crippen LogP contribution in [0.15, 0.2) is 23.1 Å². The third-order valence-electron chi connectivity index (χ3n) is 3.78. The summed E-state index contributed by atoms with van der Waals surface area (Å²) in [6, 6.07) is 2.87. The van der Waals surface area contributed by atoms with Crippen LogP contribution in [0, 0.1) is 5.82 Å². The van der Waals surface area contributed by atoms with Gasteiger partial charge in [-0.2, -0.15) is 0 Å². The zero-order valence-corrected chi connectivity index (χ0v) is 11.9. The summed E-state index contributed by atoms with van der Waals surface area (Å²) >= 11 is 0. The lowest BCUT2D eigenvalue weighted by atomic mass is 10.1. The summed E-state index contributed by atoms with van der Waals surface area (Å²) in [7, 11) is 0. The number of carboxylic acid groups (broad SMARTS) is 1. The van der Waals surface area contributed by atoms with E-state index in [1.54, 1.807) is 10.6 Å². The Labute approximate surface area is 125 Å². The summed E-state index contributed by atoms with van der Waals surface area (Å²) in [5.74, 6) is -1.86. The van der Waals surface area contributed by atoms with Crippen LogP contribution >= 0.6 is 0 Å². The van der Waals surface area contributed by atoms with Crippen molar-refractivity contribution in [3.8, 4) is 0 Å². The van der Waals surface area contributed by atoms with E-state index < -0.39 is 17.2 Å². The lowest BCUT2D eigenvalue weighted by Gasteiger charge is -2.14. The van der Waals surface area contributed by atoms with Gasteiger partial charge in [-0.15, -0.1) is 0 Å². The normalized spacial score (nSPS) is 14.3. The van der Waals surface area contributed by atoms with Gasteiger partial charge in [0.2, 0.25) is 5.43 Å². The zero-order valence-electron chi connectivity index (χ0n) is 11.9. The predicted octanol–water partition coefficient (Wildman–Crippen LogP) is 0.828. The van der Waals surface area contributed by atoms with Gasteiger partial charge in [0.15, 0.2) is 0 Å². The number of hydrogen-bond donors (Lipinski definition) is 3. The number of rotatable bonds is 5. The van der Waals surface area contributed by atoms with E-state index in [4.69, 9.17) is 5.11 Å². The first-order chi connectivity index (χ1) is 10.5. The van der Waals surface area contributed by atoms with E-state index in [1.165, 1.54) is 6.20 Å². The molecule has 0 saturated heterocycles. The molecule has 1 saturated carbocycles. The molecule has 0 aliphatic heterocycles. The molecule has 0 radical (unpaired) electrons. The summed E-state index contributed by atoms with van der Waals surface area (Å²) in [5, 5.41) is 12.2. The fraction of sp³-hybridized carbons (Fsp3) is 0.333. The van der Waals surface area contributed by atoms with Gasteiger partial charge in [0.05, 0.1) is 24.3 Å². The largest absolute Gasteiger partial charge is 0.477 e. The number of nitrogens with zero attached hydrogens (tertiary/aromatic N) is 1. The standard InChI is InChI=1S/C15H16FN3O3/c16-11-5-9-13(6-12(11)18-4-3-17)19(8-1-2-8)7-10(14(9)20)15(21)22/h5-8,18H,1-4,17H2,(H,21,22)/p+1. The van der Waals surface area contributed by atoms with E-state index in [0.29, 0.717) is 24.3 Å². The van der Waals surface area contributed by atoms with Crippen molar-refractivity contribution in [1.82, 2.24) is 4.57 Å². The highest BCUT2D eigenvalue weighted by molar-refractivity contribution is 5.93. The van der Waals surface area contributed by atoms with Crippen molar-refractivity contribution in [1.29, 1.82) is 0 Å². The molecule has 0 atom stereocenters. The molecular weight excluding hydrogens is 289 g/mol. The number of anilines is 1. The number of carbonyl (C=O) groups is 1. The topological polar surface area (TPSA) is 99.0 Å². The van der Waals surface area contributed by atoms with E-state index >= 15 is 0 Å². The molecule has 2 aromatic rings. The number of aromatic carboxylic acids is 1. The molecule has 1 aliphatic carbocycles. The highest BCUT2D eigenvalue weighted by atomic mass is 19.1. The maximum atomic E-state index is 14.1. The van der Waals surface area contributed by atoms with Gasteiger partial charge < -0.3 is 20.7 Å². The summed E-state index contributed by atoms with van der Waals surface area (Å²) in [6.07, 6.45) is 3.22. The number of benzene rings is 1. The Morgan fingerprint density at radius 2 is 2.18 bits per heavy atom. The second-order valence-corrected chi connectivity index (χ2v) is 5.45. The van der Waals surface area contributed by atoms with Gasteiger partial charge >= 0.3 is 5.97 Å². The first-order valence-electron chi connectivity index (χ1n) is 7.17. The van der Waals surface area contributed by atoms with E-state index in [0.717, 1.165) is 18.9 Å². The minimum atomic E-state index is -1.29. The Morgan fingerprint density at radius 3 is 2.77 bits per heavy atom. The number of fused-ring (bicyclic) bond motifs is 1. The smallest absolute Gasteiger partial charge is 0.341 e. The number of pyridine rings is 1. The van der Waals surface area contributed by atoms with Gasteiger partial charge in [-0.05, 0) is 25.0 Å². The van der Waals surface area contributed by atoms with Crippen molar-refractivity contribution >= 4 is 22.6 Å². The highest BCUT2D eigenvalue weighted by Crippen LogP contribution is 2.37. The van der Waals surface area contributed by atoms with Crippen LogP contribution in [-0.2, 0) is 0 Å². The summed E-state index contributed by atoms with van der Waals surface area (Å²) < 4.78 is 15.9. The number of quaternary nitrogens is 1. The number of halogens is 1. The monoisotopic (exact) mass is 306 g/mol. The average Bonchev–Trinajstić information content (AvgIpc) is 3.30. The second-order valence-electron chi connectivity index (χ2n) is 5.45. The van der Waals surface area contributed by atoms with Crippen molar-refractivity contribution < 1.29 is 20.0 Å². The molecule has 0 amide bonds. The molecule has 5 N–H and O–H groups in total. The van der Waals surface area contributed by atoms with Crippen molar-refractivity contribution in [3.63, 3.8) is 0 Å². The molecule has 3 rings (SSSR count). The van der Waals surface area contributed by atoms with Crippen LogP contribution in [0.3, 0.4) is 0 Å². The lowest BCUT2D eigenvalue weighted by molar-refractivity contribution is -0.362. The van der Waals surface area contributed by atoms with E-state index in [1.807, 2.05) is 0 Å². The quantitative estimate of drug-likeness (QED) is 0.762. The maximum absolute atomic E-state index is 14.1. The maximum Gasteiger partial charge on any atom is 0.341 e. The van der Waals surface area contributed by atoms with Crippen LogP contribution in [-0.4, -0.2) is 28.7 Å². The summed E-state index contributed by atoms with van der Waals surface area (Å²) in [6.45, 7) is 1.12. The Kier molecular flexibility index (Phi) is 3.58. The molecule has 116 valence electrons. The molecule has 1 heterocycles. The molecule has 6 nitrogen and oxygen atoms in total. The molecule has 7 heteroatoms. The third-order valence-corrected chi connectivity index (χ3v) is 3.78. The van der Waals surface area contributed by atoms with Gasteiger partial charge in [-0.3, -0.25) is 4.79 Å². The van der Waals surface area contributed by atoms with Gasteiger partial charge in [0.1, 0.15) is 11.4 Å². The number of aromatic nitrogens is 1. The minimum Gasteiger partial charge on any atom is -0.477 e. The fourth-order valence-corrected chi connectivity index (χ4v) is 2.54. The molecular formula is C15H17FN3O3+. The van der Waals surface area contributed by atoms with Crippen LogP contribution in [0.5, 0.6) is 0 Å². The van der Waals surface area contributed by atoms with Crippen LogP contribution in [0.1, 0.15) is 29.2 Å². The summed E-state index contributed by atoms with van der Waals surface area (Å²) in [5.41, 5.74) is 3.58.